The Labute approximate surface area is 94.9 Å². The largest absolute Gasteiger partial charge is 0.322 e. The van der Waals surface area contributed by atoms with Crippen molar-refractivity contribution in [3.05, 3.63) is 72.6 Å². The van der Waals surface area contributed by atoms with Crippen molar-refractivity contribution in [3.8, 4) is 0 Å². The van der Waals surface area contributed by atoms with E-state index in [1.165, 1.54) is 0 Å². The van der Waals surface area contributed by atoms with E-state index in [9.17, 15) is 4.79 Å². The molecule has 1 radical (unpaired) electrons. The van der Waals surface area contributed by atoms with Gasteiger partial charge in [0.2, 0.25) is 0 Å². The van der Waals surface area contributed by atoms with Gasteiger partial charge in [0.15, 0.2) is 0 Å². The lowest BCUT2D eigenvalue weighted by Gasteiger charge is -2.06. The Morgan fingerprint density at radius 2 is 1.56 bits per heavy atom. The number of benzene rings is 2. The van der Waals surface area contributed by atoms with Crippen LogP contribution in [0.1, 0.15) is 15.9 Å². The number of para-hydroxylation sites is 1. The lowest BCUT2D eigenvalue weighted by Crippen LogP contribution is -2.12. The molecule has 1 N–H and O–H groups in total. The van der Waals surface area contributed by atoms with E-state index in [1.807, 2.05) is 48.5 Å². The number of anilines is 1. The Morgan fingerprint density at radius 1 is 0.938 bits per heavy atom. The van der Waals surface area contributed by atoms with Gasteiger partial charge in [0.1, 0.15) is 0 Å². The molecule has 0 aliphatic carbocycles. The van der Waals surface area contributed by atoms with Crippen LogP contribution in [-0.2, 0) is 0 Å². The number of carbonyl (C=O) groups excluding carboxylic acids is 1. The summed E-state index contributed by atoms with van der Waals surface area (Å²) in [5.74, 6) is -0.128. The van der Waals surface area contributed by atoms with E-state index in [0.717, 1.165) is 11.3 Å². The van der Waals surface area contributed by atoms with E-state index in [1.54, 1.807) is 6.07 Å². The molecule has 0 aromatic heterocycles. The Bertz CT molecular complexity index is 491. The first kappa shape index (κ1) is 10.4. The molecule has 2 heteroatoms. The summed E-state index contributed by atoms with van der Waals surface area (Å²) in [6, 6.07) is 16.6. The van der Waals surface area contributed by atoms with Crippen molar-refractivity contribution < 1.29 is 4.79 Å². The van der Waals surface area contributed by atoms with Crippen LogP contribution >= 0.6 is 0 Å². The smallest absolute Gasteiger partial charge is 0.255 e. The molecule has 2 aromatic carbocycles. The second-order valence-corrected chi connectivity index (χ2v) is 3.48. The second-order valence-electron chi connectivity index (χ2n) is 3.48. The first-order valence-corrected chi connectivity index (χ1v) is 5.05. The standard InChI is InChI=1S/C14H12NO/c1-11-7-5-6-10-13(11)14(16)15-12-8-3-2-4-9-12/h2-10H,1H2,(H,15,16). The summed E-state index contributed by atoms with van der Waals surface area (Å²) in [6.45, 7) is 3.82. The third-order valence-corrected chi connectivity index (χ3v) is 2.29. The highest BCUT2D eigenvalue weighted by Crippen LogP contribution is 2.11. The van der Waals surface area contributed by atoms with Crippen LogP contribution in [0.15, 0.2) is 54.6 Å². The predicted octanol–water partition coefficient (Wildman–Crippen LogP) is 3.12. The van der Waals surface area contributed by atoms with Crippen LogP contribution in [0.4, 0.5) is 5.69 Å². The van der Waals surface area contributed by atoms with E-state index >= 15 is 0 Å². The molecule has 0 heterocycles. The molecule has 0 atom stereocenters. The summed E-state index contributed by atoms with van der Waals surface area (Å²) in [5, 5.41) is 2.82. The van der Waals surface area contributed by atoms with Gasteiger partial charge in [-0.1, -0.05) is 36.4 Å². The number of rotatable bonds is 2. The minimum Gasteiger partial charge on any atom is -0.322 e. The highest BCUT2D eigenvalue weighted by Gasteiger charge is 2.07. The predicted molar refractivity (Wildman–Crippen MR) is 65.3 cm³/mol. The summed E-state index contributed by atoms with van der Waals surface area (Å²) in [7, 11) is 0. The molecule has 0 spiro atoms. The molecule has 0 saturated carbocycles. The van der Waals surface area contributed by atoms with E-state index in [0.29, 0.717) is 5.56 Å². The van der Waals surface area contributed by atoms with Crippen molar-refractivity contribution in [2.45, 2.75) is 0 Å². The number of carbonyl (C=O) groups is 1. The molecule has 0 unspecified atom stereocenters. The maximum atomic E-state index is 11.9. The zero-order valence-electron chi connectivity index (χ0n) is 8.81. The molecule has 16 heavy (non-hydrogen) atoms. The van der Waals surface area contributed by atoms with Crippen molar-refractivity contribution in [2.24, 2.45) is 0 Å². The van der Waals surface area contributed by atoms with Gasteiger partial charge in [-0.2, -0.15) is 0 Å². The van der Waals surface area contributed by atoms with Crippen LogP contribution in [0.3, 0.4) is 0 Å². The van der Waals surface area contributed by atoms with Gasteiger partial charge >= 0.3 is 0 Å². The van der Waals surface area contributed by atoms with E-state index < -0.39 is 0 Å². The quantitative estimate of drug-likeness (QED) is 0.810. The van der Waals surface area contributed by atoms with E-state index in [2.05, 4.69) is 12.2 Å². The van der Waals surface area contributed by atoms with Gasteiger partial charge in [0.25, 0.3) is 5.91 Å². The van der Waals surface area contributed by atoms with Gasteiger partial charge < -0.3 is 5.32 Å². The van der Waals surface area contributed by atoms with Crippen LogP contribution in [0.5, 0.6) is 0 Å². The maximum absolute atomic E-state index is 11.9. The Balaban J connectivity index is 2.19. The zero-order valence-corrected chi connectivity index (χ0v) is 8.81. The highest BCUT2D eigenvalue weighted by atomic mass is 16.1. The third kappa shape index (κ3) is 2.28. The number of hydrogen-bond acceptors (Lipinski definition) is 1. The Kier molecular flexibility index (Phi) is 3.01. The lowest BCUT2D eigenvalue weighted by atomic mass is 10.1. The van der Waals surface area contributed by atoms with E-state index in [-0.39, 0.29) is 5.91 Å². The fourth-order valence-corrected chi connectivity index (χ4v) is 1.46. The lowest BCUT2D eigenvalue weighted by molar-refractivity contribution is 0.102. The van der Waals surface area contributed by atoms with Gasteiger partial charge in [-0.3, -0.25) is 4.79 Å². The summed E-state index contributed by atoms with van der Waals surface area (Å²) in [4.78, 5) is 11.9. The van der Waals surface area contributed by atoms with Crippen LogP contribution in [0.25, 0.3) is 0 Å². The molecule has 1 amide bonds. The monoisotopic (exact) mass is 210 g/mol. The molecule has 0 aliphatic rings. The molecule has 2 nitrogen and oxygen atoms in total. The van der Waals surface area contributed by atoms with Crippen LogP contribution in [-0.4, -0.2) is 5.91 Å². The Morgan fingerprint density at radius 3 is 2.25 bits per heavy atom. The highest BCUT2D eigenvalue weighted by molar-refractivity contribution is 6.05. The first-order valence-electron chi connectivity index (χ1n) is 5.05. The molecule has 79 valence electrons. The van der Waals surface area contributed by atoms with Gasteiger partial charge in [0, 0.05) is 11.3 Å². The number of nitrogens with one attached hydrogen (secondary N) is 1. The average Bonchev–Trinajstić information content (AvgIpc) is 2.31. The summed E-state index contributed by atoms with van der Waals surface area (Å²) in [5.41, 5.74) is 2.12. The molecular weight excluding hydrogens is 198 g/mol. The van der Waals surface area contributed by atoms with Crippen LogP contribution < -0.4 is 5.32 Å². The van der Waals surface area contributed by atoms with E-state index in [4.69, 9.17) is 0 Å². The summed E-state index contributed by atoms with van der Waals surface area (Å²) >= 11 is 0. The SMILES string of the molecule is [CH2]c1ccccc1C(=O)Nc1ccccc1. The molecule has 0 bridgehead atoms. The number of hydrogen-bond donors (Lipinski definition) is 1. The summed E-state index contributed by atoms with van der Waals surface area (Å²) in [6.07, 6.45) is 0. The van der Waals surface area contributed by atoms with Gasteiger partial charge in [-0.05, 0) is 30.7 Å². The summed E-state index contributed by atoms with van der Waals surface area (Å²) < 4.78 is 0. The van der Waals surface area contributed by atoms with Crippen LogP contribution in [0, 0.1) is 6.92 Å². The van der Waals surface area contributed by atoms with Crippen molar-refractivity contribution in [3.63, 3.8) is 0 Å². The van der Waals surface area contributed by atoms with Crippen molar-refractivity contribution in [2.75, 3.05) is 5.32 Å². The zero-order chi connectivity index (χ0) is 11.4. The topological polar surface area (TPSA) is 29.1 Å². The van der Waals surface area contributed by atoms with Crippen molar-refractivity contribution >= 4 is 11.6 Å². The minimum absolute atomic E-state index is 0.128. The van der Waals surface area contributed by atoms with Gasteiger partial charge in [-0.15, -0.1) is 0 Å². The maximum Gasteiger partial charge on any atom is 0.255 e. The number of amides is 1. The van der Waals surface area contributed by atoms with Gasteiger partial charge in [0.05, 0.1) is 0 Å². The Hall–Kier alpha value is -2.09. The molecule has 0 aliphatic heterocycles. The van der Waals surface area contributed by atoms with Crippen LogP contribution in [0.2, 0.25) is 0 Å². The molecule has 0 fully saturated rings. The second kappa shape index (κ2) is 4.62. The molecule has 0 saturated heterocycles. The molecular formula is C14H12NO. The fourth-order valence-electron chi connectivity index (χ4n) is 1.46. The van der Waals surface area contributed by atoms with Crippen molar-refractivity contribution in [1.82, 2.24) is 0 Å². The fraction of sp³-hybridized carbons (Fsp3) is 0. The average molecular weight is 210 g/mol. The molecule has 2 rings (SSSR count). The minimum atomic E-state index is -0.128. The molecule has 2 aromatic rings. The van der Waals surface area contributed by atoms with Gasteiger partial charge in [-0.25, -0.2) is 0 Å². The normalized spacial score (nSPS) is 9.81. The third-order valence-electron chi connectivity index (χ3n) is 2.29. The van der Waals surface area contributed by atoms with Crippen molar-refractivity contribution in [1.29, 1.82) is 0 Å². The first-order chi connectivity index (χ1) is 7.77.